The van der Waals surface area contributed by atoms with E-state index in [0.29, 0.717) is 11.1 Å². The molecule has 42 heavy (non-hydrogen) atoms. The maximum Gasteiger partial charge on any atom is 0.136 e. The summed E-state index contributed by atoms with van der Waals surface area (Å²) in [6.07, 6.45) is 0. The normalized spacial score (nSPS) is 11.3. The molecule has 0 radical (unpaired) electrons. The Hall–Kier alpha value is -5.68. The third-order valence-corrected chi connectivity index (χ3v) is 9.09. The minimum absolute atomic E-state index is 0.554. The molecule has 6 aromatic carbocycles. The minimum Gasteiger partial charge on any atom is -0.456 e. The van der Waals surface area contributed by atoms with Crippen LogP contribution in [0.15, 0.2) is 126 Å². The molecule has 0 unspecified atom stereocenters. The molecule has 0 saturated heterocycles. The van der Waals surface area contributed by atoms with Crippen LogP contribution in [0.1, 0.15) is 11.1 Å². The molecule has 0 fully saturated rings. The van der Waals surface area contributed by atoms with E-state index in [1.165, 1.54) is 20.2 Å². The number of thiophene rings is 1. The predicted octanol–water partition coefficient (Wildman–Crippen LogP) is 10.7. The summed E-state index contributed by atoms with van der Waals surface area (Å²) in [6, 6.07) is 45.6. The van der Waals surface area contributed by atoms with E-state index in [1.54, 1.807) is 17.4 Å². The highest BCUT2D eigenvalue weighted by atomic mass is 32.1. The minimum atomic E-state index is 0.554. The molecule has 0 spiro atoms. The van der Waals surface area contributed by atoms with Crippen molar-refractivity contribution in [2.75, 3.05) is 0 Å². The molecule has 4 heteroatoms. The largest absolute Gasteiger partial charge is 0.456 e. The Morgan fingerprint density at radius 3 is 2.05 bits per heavy atom. The van der Waals surface area contributed by atoms with E-state index in [9.17, 15) is 10.5 Å². The third-order valence-electron chi connectivity index (χ3n) is 7.96. The lowest BCUT2D eigenvalue weighted by Gasteiger charge is -2.15. The lowest BCUT2D eigenvalue weighted by molar-refractivity contribution is 0.669. The number of para-hydroxylation sites is 1. The highest BCUT2D eigenvalue weighted by Gasteiger charge is 2.19. The van der Waals surface area contributed by atoms with Crippen molar-refractivity contribution >= 4 is 53.4 Å². The lowest BCUT2D eigenvalue weighted by atomic mass is 9.87. The SMILES string of the molecule is N#Cc1cccc(-c2cc(-c3cccc4sc5ccccc5c34)cc(-c3ccc4c(c3)oc3ccccc34)c2C#N)c1. The predicted molar refractivity (Wildman–Crippen MR) is 172 cm³/mol. The molecule has 0 aliphatic rings. The fourth-order valence-corrected chi connectivity index (χ4v) is 7.17. The Morgan fingerprint density at radius 1 is 0.500 bits per heavy atom. The third kappa shape index (κ3) is 3.71. The summed E-state index contributed by atoms with van der Waals surface area (Å²) in [5.74, 6) is 0. The molecule has 0 saturated carbocycles. The number of rotatable bonds is 3. The van der Waals surface area contributed by atoms with Crippen LogP contribution in [-0.2, 0) is 0 Å². The second-order valence-electron chi connectivity index (χ2n) is 10.3. The van der Waals surface area contributed by atoms with Crippen LogP contribution in [0.5, 0.6) is 0 Å². The maximum absolute atomic E-state index is 10.6. The molecule has 0 aliphatic carbocycles. The van der Waals surface area contributed by atoms with Gasteiger partial charge in [0, 0.05) is 42.1 Å². The molecule has 8 rings (SSSR count). The fraction of sp³-hybridized carbons (Fsp3) is 0. The van der Waals surface area contributed by atoms with E-state index in [-0.39, 0.29) is 0 Å². The molecule has 2 heterocycles. The summed E-state index contributed by atoms with van der Waals surface area (Å²) in [7, 11) is 0. The van der Waals surface area contributed by atoms with Crippen LogP contribution < -0.4 is 0 Å². The quantitative estimate of drug-likeness (QED) is 0.219. The van der Waals surface area contributed by atoms with Crippen LogP contribution in [0.25, 0.3) is 75.5 Å². The first-order valence-corrected chi connectivity index (χ1v) is 14.4. The highest BCUT2D eigenvalue weighted by molar-refractivity contribution is 7.25. The summed E-state index contributed by atoms with van der Waals surface area (Å²) in [4.78, 5) is 0. The van der Waals surface area contributed by atoms with Gasteiger partial charge < -0.3 is 4.42 Å². The van der Waals surface area contributed by atoms with Gasteiger partial charge in [0.05, 0.1) is 17.2 Å². The van der Waals surface area contributed by atoms with E-state index >= 15 is 0 Å². The number of hydrogen-bond acceptors (Lipinski definition) is 4. The van der Waals surface area contributed by atoms with Gasteiger partial charge in [-0.15, -0.1) is 11.3 Å². The Balaban J connectivity index is 1.45. The maximum atomic E-state index is 10.6. The smallest absolute Gasteiger partial charge is 0.136 e. The number of hydrogen-bond donors (Lipinski definition) is 0. The average Bonchev–Trinajstić information content (AvgIpc) is 3.62. The van der Waals surface area contributed by atoms with E-state index in [1.807, 2.05) is 42.5 Å². The lowest BCUT2D eigenvalue weighted by Crippen LogP contribution is -1.93. The number of nitrogens with zero attached hydrogens (tertiary/aromatic N) is 2. The Morgan fingerprint density at radius 2 is 1.21 bits per heavy atom. The van der Waals surface area contributed by atoms with Crippen molar-refractivity contribution in [1.29, 1.82) is 10.5 Å². The molecule has 8 aromatic rings. The van der Waals surface area contributed by atoms with Crippen LogP contribution in [0, 0.1) is 22.7 Å². The highest BCUT2D eigenvalue weighted by Crippen LogP contribution is 2.44. The van der Waals surface area contributed by atoms with Crippen molar-refractivity contribution in [3.8, 4) is 45.5 Å². The van der Waals surface area contributed by atoms with Crippen molar-refractivity contribution in [2.45, 2.75) is 0 Å². The van der Waals surface area contributed by atoms with E-state index < -0.39 is 0 Å². The Kier molecular flexibility index (Phi) is 5.44. The average molecular weight is 553 g/mol. The number of nitriles is 2. The van der Waals surface area contributed by atoms with Gasteiger partial charge >= 0.3 is 0 Å². The van der Waals surface area contributed by atoms with Crippen molar-refractivity contribution in [2.24, 2.45) is 0 Å². The van der Waals surface area contributed by atoms with Gasteiger partial charge in [0.25, 0.3) is 0 Å². The van der Waals surface area contributed by atoms with Gasteiger partial charge in [0.1, 0.15) is 17.2 Å². The molecular weight excluding hydrogens is 532 g/mol. The topological polar surface area (TPSA) is 60.7 Å². The molecule has 194 valence electrons. The standard InChI is InChI=1S/C38H20N2OS/c39-21-23-7-5-8-24(17-23)31-18-26(27-11-6-14-37-38(27)30-10-2-4-13-36(30)42-37)19-32(33(31)22-40)25-15-16-29-28-9-1-3-12-34(28)41-35(29)20-25/h1-20H. The zero-order valence-electron chi connectivity index (χ0n) is 22.3. The van der Waals surface area contributed by atoms with Crippen LogP contribution in [0.4, 0.5) is 0 Å². The second kappa shape index (κ2) is 9.46. The molecule has 0 atom stereocenters. The second-order valence-corrected chi connectivity index (χ2v) is 11.4. The van der Waals surface area contributed by atoms with Crippen LogP contribution in [0.3, 0.4) is 0 Å². The van der Waals surface area contributed by atoms with Crippen molar-refractivity contribution in [1.82, 2.24) is 0 Å². The number of furan rings is 1. The molecular formula is C38H20N2OS. The number of fused-ring (bicyclic) bond motifs is 6. The first-order chi connectivity index (χ1) is 20.7. The summed E-state index contributed by atoms with van der Waals surface area (Å²) in [5, 5.41) is 24.7. The zero-order chi connectivity index (χ0) is 28.2. The zero-order valence-corrected chi connectivity index (χ0v) is 23.1. The Labute approximate surface area is 245 Å². The van der Waals surface area contributed by atoms with Gasteiger partial charge in [-0.25, -0.2) is 0 Å². The van der Waals surface area contributed by atoms with Crippen LogP contribution in [-0.4, -0.2) is 0 Å². The summed E-state index contributed by atoms with van der Waals surface area (Å²) in [5.41, 5.74) is 8.21. The Bertz CT molecular complexity index is 2450. The van der Waals surface area contributed by atoms with Crippen LogP contribution >= 0.6 is 11.3 Å². The van der Waals surface area contributed by atoms with Gasteiger partial charge in [0.15, 0.2) is 0 Å². The van der Waals surface area contributed by atoms with Crippen molar-refractivity contribution in [3.63, 3.8) is 0 Å². The summed E-state index contributed by atoms with van der Waals surface area (Å²) in [6.45, 7) is 0. The molecule has 3 nitrogen and oxygen atoms in total. The monoisotopic (exact) mass is 552 g/mol. The summed E-state index contributed by atoms with van der Waals surface area (Å²) >= 11 is 1.79. The molecule has 2 aromatic heterocycles. The fourth-order valence-electron chi connectivity index (χ4n) is 6.04. The first-order valence-electron chi connectivity index (χ1n) is 13.6. The van der Waals surface area contributed by atoms with E-state index in [4.69, 9.17) is 4.42 Å². The first kappa shape index (κ1) is 24.1. The van der Waals surface area contributed by atoms with Crippen molar-refractivity contribution < 1.29 is 4.42 Å². The van der Waals surface area contributed by atoms with Crippen LogP contribution in [0.2, 0.25) is 0 Å². The molecule has 0 bridgehead atoms. The molecule has 0 N–H and O–H groups in total. The van der Waals surface area contributed by atoms with Gasteiger partial charge in [-0.3, -0.25) is 0 Å². The van der Waals surface area contributed by atoms with Crippen molar-refractivity contribution in [3.05, 3.63) is 132 Å². The van der Waals surface area contributed by atoms with Gasteiger partial charge in [-0.2, -0.15) is 10.5 Å². The van der Waals surface area contributed by atoms with Gasteiger partial charge in [-0.05, 0) is 76.9 Å². The molecule has 0 amide bonds. The van der Waals surface area contributed by atoms with Gasteiger partial charge in [-0.1, -0.05) is 66.7 Å². The van der Waals surface area contributed by atoms with E-state index in [2.05, 4.69) is 84.9 Å². The number of benzene rings is 6. The summed E-state index contributed by atoms with van der Waals surface area (Å²) < 4.78 is 8.69. The molecule has 0 aliphatic heterocycles. The van der Waals surface area contributed by atoms with E-state index in [0.717, 1.165) is 55.3 Å². The van der Waals surface area contributed by atoms with Gasteiger partial charge in [0.2, 0.25) is 0 Å².